The van der Waals surface area contributed by atoms with Crippen LogP contribution in [0.3, 0.4) is 0 Å². The van der Waals surface area contributed by atoms with Crippen molar-refractivity contribution < 1.29 is 13.2 Å². The van der Waals surface area contributed by atoms with E-state index in [0.717, 1.165) is 24.0 Å². The Morgan fingerprint density at radius 3 is 2.74 bits per heavy atom. The summed E-state index contributed by atoms with van der Waals surface area (Å²) in [6, 6.07) is 3.49. The van der Waals surface area contributed by atoms with Crippen molar-refractivity contribution in [3.05, 3.63) is 23.3 Å². The molecular weight excluding hydrogens is 264 g/mol. The third kappa shape index (κ3) is 2.48. The SMILES string of the molecule is Cc1cc2c(c(S(=O)(=O)NC3CC3)c1)OCCC2N. The van der Waals surface area contributed by atoms with Crippen molar-refractivity contribution in [3.63, 3.8) is 0 Å². The van der Waals surface area contributed by atoms with Crippen molar-refractivity contribution in [2.75, 3.05) is 6.61 Å². The monoisotopic (exact) mass is 282 g/mol. The zero-order valence-corrected chi connectivity index (χ0v) is 11.7. The summed E-state index contributed by atoms with van der Waals surface area (Å²) in [5.41, 5.74) is 7.72. The number of hydrogen-bond acceptors (Lipinski definition) is 4. The summed E-state index contributed by atoms with van der Waals surface area (Å²) >= 11 is 0. The molecule has 1 saturated carbocycles. The van der Waals surface area contributed by atoms with E-state index in [1.54, 1.807) is 6.07 Å². The van der Waals surface area contributed by atoms with E-state index in [-0.39, 0.29) is 17.0 Å². The Labute approximate surface area is 113 Å². The second-order valence-electron chi connectivity index (χ2n) is 5.32. The Bertz CT molecular complexity index is 609. The molecule has 6 heteroatoms. The molecular formula is C13H18N2O3S. The molecule has 0 aromatic heterocycles. The zero-order chi connectivity index (χ0) is 13.6. The van der Waals surface area contributed by atoms with E-state index in [9.17, 15) is 8.42 Å². The Morgan fingerprint density at radius 1 is 1.32 bits per heavy atom. The standard InChI is InChI=1S/C13H18N2O3S/c1-8-6-10-11(14)4-5-18-13(10)12(7-8)19(16,17)15-9-2-3-9/h6-7,9,11,15H,2-5,14H2,1H3. The van der Waals surface area contributed by atoms with Gasteiger partial charge in [-0.05, 0) is 31.4 Å². The molecule has 19 heavy (non-hydrogen) atoms. The molecule has 1 heterocycles. The van der Waals surface area contributed by atoms with Crippen molar-refractivity contribution in [1.29, 1.82) is 0 Å². The van der Waals surface area contributed by atoms with Gasteiger partial charge < -0.3 is 10.5 Å². The van der Waals surface area contributed by atoms with Crippen LogP contribution >= 0.6 is 0 Å². The zero-order valence-electron chi connectivity index (χ0n) is 10.8. The number of aryl methyl sites for hydroxylation is 1. The first-order valence-electron chi connectivity index (χ1n) is 6.52. The van der Waals surface area contributed by atoms with Crippen LogP contribution in [0, 0.1) is 6.92 Å². The van der Waals surface area contributed by atoms with Gasteiger partial charge in [0.15, 0.2) is 0 Å². The van der Waals surface area contributed by atoms with Crippen molar-refractivity contribution in [3.8, 4) is 5.75 Å². The number of nitrogens with two attached hydrogens (primary N) is 1. The second-order valence-corrected chi connectivity index (χ2v) is 7.00. The van der Waals surface area contributed by atoms with E-state index in [2.05, 4.69) is 4.72 Å². The number of fused-ring (bicyclic) bond motifs is 1. The topological polar surface area (TPSA) is 81.4 Å². The van der Waals surface area contributed by atoms with Crippen LogP contribution in [0.4, 0.5) is 0 Å². The summed E-state index contributed by atoms with van der Waals surface area (Å²) in [6.07, 6.45) is 2.53. The van der Waals surface area contributed by atoms with E-state index < -0.39 is 10.0 Å². The second kappa shape index (κ2) is 4.47. The van der Waals surface area contributed by atoms with Crippen LogP contribution in [-0.4, -0.2) is 21.1 Å². The maximum absolute atomic E-state index is 12.4. The minimum atomic E-state index is -3.51. The lowest BCUT2D eigenvalue weighted by atomic mass is 9.99. The highest BCUT2D eigenvalue weighted by molar-refractivity contribution is 7.89. The van der Waals surface area contributed by atoms with Crippen molar-refractivity contribution >= 4 is 10.0 Å². The molecule has 0 amide bonds. The third-order valence-electron chi connectivity index (χ3n) is 3.49. The fourth-order valence-corrected chi connectivity index (χ4v) is 3.89. The first-order chi connectivity index (χ1) is 8.97. The summed E-state index contributed by atoms with van der Waals surface area (Å²) < 4.78 is 33.0. The Kier molecular flexibility index (Phi) is 3.03. The van der Waals surface area contributed by atoms with E-state index in [4.69, 9.17) is 10.5 Å². The van der Waals surface area contributed by atoms with Crippen LogP contribution in [0.5, 0.6) is 5.75 Å². The van der Waals surface area contributed by atoms with Gasteiger partial charge in [0.05, 0.1) is 6.61 Å². The van der Waals surface area contributed by atoms with Gasteiger partial charge in [-0.25, -0.2) is 13.1 Å². The van der Waals surface area contributed by atoms with Gasteiger partial charge >= 0.3 is 0 Å². The molecule has 3 rings (SSSR count). The van der Waals surface area contributed by atoms with E-state index in [1.165, 1.54) is 0 Å². The van der Waals surface area contributed by atoms with Gasteiger partial charge in [-0.15, -0.1) is 0 Å². The molecule has 3 N–H and O–H groups in total. The lowest BCUT2D eigenvalue weighted by Crippen LogP contribution is -2.28. The Morgan fingerprint density at radius 2 is 2.05 bits per heavy atom. The molecule has 5 nitrogen and oxygen atoms in total. The predicted molar refractivity (Wildman–Crippen MR) is 71.6 cm³/mol. The Hall–Kier alpha value is -1.11. The predicted octanol–water partition coefficient (Wildman–Crippen LogP) is 1.22. The molecule has 104 valence electrons. The van der Waals surface area contributed by atoms with Gasteiger partial charge in [-0.2, -0.15) is 0 Å². The molecule has 1 aromatic rings. The largest absolute Gasteiger partial charge is 0.492 e. The molecule has 0 saturated heterocycles. The van der Waals surface area contributed by atoms with Crippen LogP contribution in [0.2, 0.25) is 0 Å². The highest BCUT2D eigenvalue weighted by Crippen LogP contribution is 2.37. The van der Waals surface area contributed by atoms with Crippen LogP contribution < -0.4 is 15.2 Å². The van der Waals surface area contributed by atoms with Crippen molar-refractivity contribution in [2.24, 2.45) is 5.73 Å². The van der Waals surface area contributed by atoms with E-state index >= 15 is 0 Å². The number of benzene rings is 1. The number of sulfonamides is 1. The maximum Gasteiger partial charge on any atom is 0.244 e. The summed E-state index contributed by atoms with van der Waals surface area (Å²) in [4.78, 5) is 0.226. The quantitative estimate of drug-likeness (QED) is 0.873. The van der Waals surface area contributed by atoms with Crippen molar-refractivity contribution in [2.45, 2.75) is 43.2 Å². The summed E-state index contributed by atoms with van der Waals surface area (Å²) in [5, 5.41) is 0. The molecule has 1 atom stereocenters. The molecule has 0 radical (unpaired) electrons. The molecule has 0 spiro atoms. The van der Waals surface area contributed by atoms with Gasteiger partial charge in [-0.3, -0.25) is 0 Å². The molecule has 1 aromatic carbocycles. The number of rotatable bonds is 3. The van der Waals surface area contributed by atoms with Crippen LogP contribution in [-0.2, 0) is 10.0 Å². The fraction of sp³-hybridized carbons (Fsp3) is 0.538. The highest BCUT2D eigenvalue weighted by atomic mass is 32.2. The van der Waals surface area contributed by atoms with Gasteiger partial charge in [0.25, 0.3) is 0 Å². The van der Waals surface area contributed by atoms with Crippen LogP contribution in [0.15, 0.2) is 17.0 Å². The maximum atomic E-state index is 12.4. The van der Waals surface area contributed by atoms with Gasteiger partial charge in [0.2, 0.25) is 10.0 Å². The first kappa shape index (κ1) is 12.9. The summed E-state index contributed by atoms with van der Waals surface area (Å²) in [5.74, 6) is 0.428. The smallest absolute Gasteiger partial charge is 0.244 e. The molecule has 1 unspecified atom stereocenters. The van der Waals surface area contributed by atoms with Gasteiger partial charge in [0, 0.05) is 24.1 Å². The van der Waals surface area contributed by atoms with E-state index in [1.807, 2.05) is 13.0 Å². The van der Waals surface area contributed by atoms with E-state index in [0.29, 0.717) is 18.8 Å². The number of hydrogen-bond donors (Lipinski definition) is 2. The highest BCUT2D eigenvalue weighted by Gasteiger charge is 2.32. The lowest BCUT2D eigenvalue weighted by Gasteiger charge is -2.25. The van der Waals surface area contributed by atoms with Crippen LogP contribution in [0.25, 0.3) is 0 Å². The average Bonchev–Trinajstić information content (AvgIpc) is 3.12. The Balaban J connectivity index is 2.09. The molecule has 1 aliphatic carbocycles. The molecule has 2 aliphatic rings. The first-order valence-corrected chi connectivity index (χ1v) is 8.01. The summed E-state index contributed by atoms with van der Waals surface area (Å²) in [6.45, 7) is 2.33. The van der Waals surface area contributed by atoms with Crippen LogP contribution in [0.1, 0.15) is 36.4 Å². The average molecular weight is 282 g/mol. The number of ether oxygens (including phenoxy) is 1. The lowest BCUT2D eigenvalue weighted by molar-refractivity contribution is 0.261. The molecule has 1 fully saturated rings. The minimum Gasteiger partial charge on any atom is -0.492 e. The number of nitrogens with one attached hydrogen (secondary N) is 1. The minimum absolute atomic E-state index is 0.0819. The third-order valence-corrected chi connectivity index (χ3v) is 5.02. The normalized spacial score (nSPS) is 22.7. The van der Waals surface area contributed by atoms with Crippen molar-refractivity contribution in [1.82, 2.24) is 4.72 Å². The van der Waals surface area contributed by atoms with Gasteiger partial charge in [-0.1, -0.05) is 6.07 Å². The molecule has 1 aliphatic heterocycles. The van der Waals surface area contributed by atoms with Gasteiger partial charge in [0.1, 0.15) is 10.6 Å². The molecule has 0 bridgehead atoms. The summed E-state index contributed by atoms with van der Waals surface area (Å²) in [7, 11) is -3.51. The fourth-order valence-electron chi connectivity index (χ4n) is 2.32.